The third-order valence-corrected chi connectivity index (χ3v) is 4.11. The fourth-order valence-electron chi connectivity index (χ4n) is 2.69. The Morgan fingerprint density at radius 2 is 1.70 bits per heavy atom. The molecule has 140 valence electrons. The van der Waals surface area contributed by atoms with Crippen LogP contribution >= 0.6 is 0 Å². The zero-order chi connectivity index (χ0) is 19.1. The van der Waals surface area contributed by atoms with Crippen LogP contribution in [0.4, 0.5) is 4.79 Å². The molecule has 2 aromatic carbocycles. The Kier molecular flexibility index (Phi) is 6.26. The molecule has 2 N–H and O–H groups in total. The number of nitrogens with zero attached hydrogens (tertiary/aromatic N) is 1. The smallest absolute Gasteiger partial charge is 0.407 e. The van der Waals surface area contributed by atoms with E-state index in [0.717, 1.165) is 17.1 Å². The molecule has 1 heterocycles. The van der Waals surface area contributed by atoms with E-state index >= 15 is 0 Å². The van der Waals surface area contributed by atoms with Crippen LogP contribution in [0.2, 0.25) is 0 Å². The normalized spacial score (nSPS) is 10.8. The lowest BCUT2D eigenvalue weighted by atomic mass is 10.0. The number of rotatable bonds is 7. The molecule has 0 spiro atoms. The maximum absolute atomic E-state index is 11.5. The lowest BCUT2D eigenvalue weighted by molar-refractivity contribution is 0.133. The number of hydrogen-bond acceptors (Lipinski definition) is 3. The first kappa shape index (κ1) is 18.7. The second-order valence-electron chi connectivity index (χ2n) is 6.86. The summed E-state index contributed by atoms with van der Waals surface area (Å²) < 4.78 is 5.08. The molecule has 1 aromatic heterocycles. The maximum atomic E-state index is 11.5. The summed E-state index contributed by atoms with van der Waals surface area (Å²) in [5.41, 5.74) is 4.43. The van der Waals surface area contributed by atoms with Crippen LogP contribution in [0.15, 0.2) is 60.8 Å². The van der Waals surface area contributed by atoms with Crippen LogP contribution in [0.1, 0.15) is 19.7 Å². The van der Waals surface area contributed by atoms with Gasteiger partial charge in [-0.2, -0.15) is 0 Å². The highest BCUT2D eigenvalue weighted by Crippen LogP contribution is 2.23. The molecule has 0 radical (unpaired) electrons. The van der Waals surface area contributed by atoms with Crippen molar-refractivity contribution in [1.82, 2.24) is 15.3 Å². The van der Waals surface area contributed by atoms with Gasteiger partial charge < -0.3 is 15.0 Å². The highest BCUT2D eigenvalue weighted by Gasteiger charge is 2.06. The molecule has 0 bridgehead atoms. The number of imidazole rings is 1. The van der Waals surface area contributed by atoms with Crippen LogP contribution in [0.5, 0.6) is 0 Å². The van der Waals surface area contributed by atoms with Crippen LogP contribution in [0.3, 0.4) is 0 Å². The number of carbonyl (C=O) groups is 1. The van der Waals surface area contributed by atoms with Gasteiger partial charge in [-0.1, -0.05) is 68.4 Å². The Labute approximate surface area is 159 Å². The number of aromatic nitrogens is 2. The van der Waals surface area contributed by atoms with Crippen LogP contribution < -0.4 is 5.32 Å². The maximum Gasteiger partial charge on any atom is 0.407 e. The molecule has 0 aliphatic heterocycles. The summed E-state index contributed by atoms with van der Waals surface area (Å²) >= 11 is 0. The van der Waals surface area contributed by atoms with Gasteiger partial charge in [0.15, 0.2) is 0 Å². The molecule has 27 heavy (non-hydrogen) atoms. The van der Waals surface area contributed by atoms with Crippen molar-refractivity contribution in [1.29, 1.82) is 0 Å². The molecular weight excluding hydrogens is 338 g/mol. The predicted molar refractivity (Wildman–Crippen MR) is 107 cm³/mol. The zero-order valence-electron chi connectivity index (χ0n) is 15.7. The molecule has 0 aliphatic rings. The number of hydrogen-bond donors (Lipinski definition) is 2. The van der Waals surface area contributed by atoms with Crippen LogP contribution in [0, 0.1) is 5.92 Å². The molecule has 3 rings (SSSR count). The number of ether oxygens (including phenoxy) is 1. The Bertz CT molecular complexity index is 855. The zero-order valence-corrected chi connectivity index (χ0v) is 15.7. The number of amides is 1. The molecule has 3 aromatic rings. The summed E-state index contributed by atoms with van der Waals surface area (Å²) in [5.74, 6) is 1.16. The van der Waals surface area contributed by atoms with Gasteiger partial charge in [0.1, 0.15) is 5.82 Å². The van der Waals surface area contributed by atoms with E-state index in [9.17, 15) is 4.79 Å². The van der Waals surface area contributed by atoms with Crippen molar-refractivity contribution >= 4 is 6.09 Å². The summed E-state index contributed by atoms with van der Waals surface area (Å²) in [4.78, 5) is 19.3. The van der Waals surface area contributed by atoms with Crippen molar-refractivity contribution in [2.75, 3.05) is 13.2 Å². The molecule has 0 atom stereocenters. The monoisotopic (exact) mass is 363 g/mol. The lowest BCUT2D eigenvalue weighted by Crippen LogP contribution is -2.27. The van der Waals surface area contributed by atoms with E-state index < -0.39 is 0 Å². The highest BCUT2D eigenvalue weighted by molar-refractivity contribution is 5.68. The number of aromatic amines is 1. The lowest BCUT2D eigenvalue weighted by Gasteiger charge is -2.08. The number of nitrogens with one attached hydrogen (secondary N) is 2. The summed E-state index contributed by atoms with van der Waals surface area (Å²) in [6, 6.07) is 18.7. The van der Waals surface area contributed by atoms with Crippen molar-refractivity contribution < 1.29 is 9.53 Å². The molecular formula is C22H25N3O2. The summed E-state index contributed by atoms with van der Waals surface area (Å²) in [5, 5.41) is 2.74. The second-order valence-corrected chi connectivity index (χ2v) is 6.86. The van der Waals surface area contributed by atoms with Crippen LogP contribution in [-0.2, 0) is 11.2 Å². The average molecular weight is 363 g/mol. The second kappa shape index (κ2) is 9.03. The van der Waals surface area contributed by atoms with Gasteiger partial charge in [-0.25, -0.2) is 9.78 Å². The van der Waals surface area contributed by atoms with Crippen molar-refractivity contribution in [2.45, 2.75) is 20.3 Å². The molecule has 5 heteroatoms. The number of H-pyrrole nitrogens is 1. The van der Waals surface area contributed by atoms with Gasteiger partial charge in [-0.3, -0.25) is 0 Å². The van der Waals surface area contributed by atoms with Gasteiger partial charge in [0.2, 0.25) is 0 Å². The first-order chi connectivity index (χ1) is 13.1. The Balaban J connectivity index is 1.54. The summed E-state index contributed by atoms with van der Waals surface area (Å²) in [7, 11) is 0. The topological polar surface area (TPSA) is 67.0 Å². The van der Waals surface area contributed by atoms with Gasteiger partial charge in [-0.15, -0.1) is 0 Å². The van der Waals surface area contributed by atoms with E-state index in [-0.39, 0.29) is 6.09 Å². The first-order valence-corrected chi connectivity index (χ1v) is 9.22. The van der Waals surface area contributed by atoms with Gasteiger partial charge in [0.05, 0.1) is 18.5 Å². The van der Waals surface area contributed by atoms with Crippen LogP contribution in [-0.4, -0.2) is 29.2 Å². The molecule has 0 unspecified atom stereocenters. The third-order valence-electron chi connectivity index (χ3n) is 4.11. The number of carbonyl (C=O) groups excluding carboxylic acids is 1. The largest absolute Gasteiger partial charge is 0.449 e. The third kappa shape index (κ3) is 5.45. The van der Waals surface area contributed by atoms with E-state index in [2.05, 4.69) is 51.7 Å². The molecule has 0 aliphatic carbocycles. The summed E-state index contributed by atoms with van der Waals surface area (Å²) in [6.07, 6.45) is 2.06. The Hall–Kier alpha value is -3.08. The van der Waals surface area contributed by atoms with Crippen LogP contribution in [0.25, 0.3) is 22.4 Å². The van der Waals surface area contributed by atoms with Gasteiger partial charge >= 0.3 is 6.09 Å². The SMILES string of the molecule is CC(C)COC(=O)NCCc1ncc(-c2ccc(-c3ccccc3)cc2)[nH]1. The van der Waals surface area contributed by atoms with Gasteiger partial charge in [0.25, 0.3) is 0 Å². The van der Waals surface area contributed by atoms with E-state index in [0.29, 0.717) is 25.5 Å². The molecule has 0 saturated heterocycles. The van der Waals surface area contributed by atoms with Crippen molar-refractivity contribution in [3.05, 3.63) is 66.6 Å². The Morgan fingerprint density at radius 1 is 1.04 bits per heavy atom. The van der Waals surface area contributed by atoms with E-state index in [1.54, 1.807) is 0 Å². The highest BCUT2D eigenvalue weighted by atomic mass is 16.5. The molecule has 0 fully saturated rings. The Morgan fingerprint density at radius 3 is 2.41 bits per heavy atom. The first-order valence-electron chi connectivity index (χ1n) is 9.22. The minimum Gasteiger partial charge on any atom is -0.449 e. The fraction of sp³-hybridized carbons (Fsp3) is 0.273. The van der Waals surface area contributed by atoms with Crippen molar-refractivity contribution in [2.24, 2.45) is 5.92 Å². The van der Waals surface area contributed by atoms with E-state index in [4.69, 9.17) is 4.74 Å². The quantitative estimate of drug-likeness (QED) is 0.641. The van der Waals surface area contributed by atoms with E-state index in [1.165, 1.54) is 11.1 Å². The molecule has 5 nitrogen and oxygen atoms in total. The average Bonchev–Trinajstić information content (AvgIpc) is 3.16. The standard InChI is InChI=1S/C22H25N3O2/c1-16(2)15-27-22(26)23-13-12-21-24-14-20(25-21)19-10-8-18(9-11-19)17-6-4-3-5-7-17/h3-11,14,16H,12-13,15H2,1-2H3,(H,23,26)(H,24,25). The van der Waals surface area contributed by atoms with Gasteiger partial charge in [0, 0.05) is 13.0 Å². The predicted octanol–water partition coefficient (Wildman–Crippen LogP) is 4.67. The minimum absolute atomic E-state index is 0.330. The fourth-order valence-corrected chi connectivity index (χ4v) is 2.69. The molecule has 1 amide bonds. The minimum atomic E-state index is -0.382. The summed E-state index contributed by atoms with van der Waals surface area (Å²) in [6.45, 7) is 4.92. The van der Waals surface area contributed by atoms with E-state index in [1.807, 2.05) is 38.2 Å². The van der Waals surface area contributed by atoms with Gasteiger partial charge in [-0.05, 0) is 22.6 Å². The molecule has 0 saturated carbocycles. The number of benzene rings is 2. The van der Waals surface area contributed by atoms with Crippen molar-refractivity contribution in [3.8, 4) is 22.4 Å². The number of alkyl carbamates (subject to hydrolysis) is 1. The van der Waals surface area contributed by atoms with Crippen molar-refractivity contribution in [3.63, 3.8) is 0 Å².